The van der Waals surface area contributed by atoms with Crippen LogP contribution in [0.3, 0.4) is 0 Å². The number of carbonyl (C=O) groups excluding carboxylic acids is 1. The van der Waals surface area contributed by atoms with Crippen molar-refractivity contribution in [2.24, 2.45) is 0 Å². The highest BCUT2D eigenvalue weighted by molar-refractivity contribution is 5.93. The van der Waals surface area contributed by atoms with E-state index >= 15 is 0 Å². The number of Topliss-reactive ketones (excluding diaryl/α,β-unsaturated/α-hetero) is 1. The van der Waals surface area contributed by atoms with Gasteiger partial charge < -0.3 is 4.42 Å². The van der Waals surface area contributed by atoms with E-state index in [9.17, 15) is 4.79 Å². The molecule has 0 aliphatic rings. The van der Waals surface area contributed by atoms with Crippen LogP contribution >= 0.6 is 0 Å². The van der Waals surface area contributed by atoms with E-state index in [2.05, 4.69) is 0 Å². The monoisotopic (exact) mass is 228 g/mol. The van der Waals surface area contributed by atoms with Crippen molar-refractivity contribution in [2.45, 2.75) is 26.7 Å². The van der Waals surface area contributed by atoms with E-state index in [1.165, 1.54) is 0 Å². The van der Waals surface area contributed by atoms with Gasteiger partial charge in [0, 0.05) is 12.0 Å². The molecule has 1 aromatic carbocycles. The summed E-state index contributed by atoms with van der Waals surface area (Å²) in [5, 5.41) is 0. The van der Waals surface area contributed by atoms with Crippen molar-refractivity contribution in [1.82, 2.24) is 0 Å². The largest absolute Gasteiger partial charge is 0.453 e. The maximum Gasteiger partial charge on any atom is 0.198 e. The number of benzene rings is 1. The van der Waals surface area contributed by atoms with Crippen LogP contribution in [0.4, 0.5) is 0 Å². The third-order valence-electron chi connectivity index (χ3n) is 2.77. The molecule has 0 aliphatic carbocycles. The number of rotatable bonds is 4. The topological polar surface area (TPSA) is 30.2 Å². The van der Waals surface area contributed by atoms with E-state index in [1.807, 2.05) is 44.2 Å². The summed E-state index contributed by atoms with van der Waals surface area (Å²) < 4.78 is 5.62. The zero-order chi connectivity index (χ0) is 12.3. The van der Waals surface area contributed by atoms with Gasteiger partial charge in [0.15, 0.2) is 11.5 Å². The number of ketones is 1. The van der Waals surface area contributed by atoms with Crippen molar-refractivity contribution in [2.75, 3.05) is 0 Å². The molecule has 0 aliphatic heterocycles. The van der Waals surface area contributed by atoms with Gasteiger partial charge in [-0.3, -0.25) is 4.79 Å². The lowest BCUT2D eigenvalue weighted by atomic mass is 10.1. The SMILES string of the molecule is CCCC(=O)c1ccc(-c2ccccc2C)o1. The molecule has 2 rings (SSSR count). The first kappa shape index (κ1) is 11.6. The van der Waals surface area contributed by atoms with Gasteiger partial charge in [-0.15, -0.1) is 0 Å². The molecule has 88 valence electrons. The van der Waals surface area contributed by atoms with Crippen LogP contribution in [0.15, 0.2) is 40.8 Å². The second-order valence-corrected chi connectivity index (χ2v) is 4.15. The van der Waals surface area contributed by atoms with E-state index in [0.29, 0.717) is 12.2 Å². The van der Waals surface area contributed by atoms with E-state index in [4.69, 9.17) is 4.42 Å². The van der Waals surface area contributed by atoms with Crippen LogP contribution in [0.5, 0.6) is 0 Å². The Morgan fingerprint density at radius 2 is 1.94 bits per heavy atom. The lowest BCUT2D eigenvalue weighted by Gasteiger charge is -2.01. The number of aryl methyl sites for hydroxylation is 1. The molecule has 0 radical (unpaired) electrons. The third kappa shape index (κ3) is 2.47. The summed E-state index contributed by atoms with van der Waals surface area (Å²) in [6.45, 7) is 4.02. The molecule has 2 nitrogen and oxygen atoms in total. The van der Waals surface area contributed by atoms with Crippen LogP contribution in [0.2, 0.25) is 0 Å². The lowest BCUT2D eigenvalue weighted by Crippen LogP contribution is -1.94. The van der Waals surface area contributed by atoms with Crippen molar-refractivity contribution in [1.29, 1.82) is 0 Å². The molecule has 0 saturated heterocycles. The van der Waals surface area contributed by atoms with E-state index in [0.717, 1.165) is 23.3 Å². The molecule has 0 N–H and O–H groups in total. The minimum atomic E-state index is 0.0762. The molecule has 0 bridgehead atoms. The molecule has 0 saturated carbocycles. The lowest BCUT2D eigenvalue weighted by molar-refractivity contribution is 0.0955. The molecule has 0 atom stereocenters. The zero-order valence-corrected chi connectivity index (χ0v) is 10.2. The number of hydrogen-bond donors (Lipinski definition) is 0. The van der Waals surface area contributed by atoms with E-state index in [-0.39, 0.29) is 5.78 Å². The highest BCUT2D eigenvalue weighted by atomic mass is 16.3. The summed E-state index contributed by atoms with van der Waals surface area (Å²) in [5.74, 6) is 1.31. The summed E-state index contributed by atoms with van der Waals surface area (Å²) in [6.07, 6.45) is 1.39. The maximum atomic E-state index is 11.7. The Morgan fingerprint density at radius 1 is 1.18 bits per heavy atom. The number of carbonyl (C=O) groups is 1. The van der Waals surface area contributed by atoms with Gasteiger partial charge in [-0.25, -0.2) is 0 Å². The Hall–Kier alpha value is -1.83. The van der Waals surface area contributed by atoms with Crippen LogP contribution in [-0.4, -0.2) is 5.78 Å². The smallest absolute Gasteiger partial charge is 0.198 e. The molecule has 1 aromatic heterocycles. The second-order valence-electron chi connectivity index (χ2n) is 4.15. The molecule has 2 aromatic rings. The van der Waals surface area contributed by atoms with Gasteiger partial charge in [0.25, 0.3) is 0 Å². The van der Waals surface area contributed by atoms with Crippen molar-refractivity contribution in [3.63, 3.8) is 0 Å². The van der Waals surface area contributed by atoms with Gasteiger partial charge in [0.1, 0.15) is 5.76 Å². The summed E-state index contributed by atoms with van der Waals surface area (Å²) in [6, 6.07) is 11.6. The molecule has 0 amide bonds. The van der Waals surface area contributed by atoms with E-state index < -0.39 is 0 Å². The van der Waals surface area contributed by atoms with Crippen LogP contribution in [0.25, 0.3) is 11.3 Å². The van der Waals surface area contributed by atoms with Gasteiger partial charge in [0.2, 0.25) is 0 Å². The van der Waals surface area contributed by atoms with Crippen molar-refractivity contribution in [3.8, 4) is 11.3 Å². The average Bonchev–Trinajstić information content (AvgIpc) is 2.79. The highest BCUT2D eigenvalue weighted by Crippen LogP contribution is 2.25. The summed E-state index contributed by atoms with van der Waals surface area (Å²) >= 11 is 0. The van der Waals surface area contributed by atoms with Gasteiger partial charge in [-0.1, -0.05) is 31.2 Å². The Kier molecular flexibility index (Phi) is 3.43. The van der Waals surface area contributed by atoms with Crippen LogP contribution in [0, 0.1) is 6.92 Å². The van der Waals surface area contributed by atoms with Gasteiger partial charge >= 0.3 is 0 Å². The maximum absolute atomic E-state index is 11.7. The van der Waals surface area contributed by atoms with Crippen LogP contribution in [0.1, 0.15) is 35.9 Å². The van der Waals surface area contributed by atoms with Gasteiger partial charge in [-0.2, -0.15) is 0 Å². The molecule has 2 heteroatoms. The molecule has 17 heavy (non-hydrogen) atoms. The summed E-state index contributed by atoms with van der Waals surface area (Å²) in [5.41, 5.74) is 2.19. The molecule has 0 fully saturated rings. The first-order valence-electron chi connectivity index (χ1n) is 5.91. The second kappa shape index (κ2) is 5.00. The van der Waals surface area contributed by atoms with Crippen molar-refractivity contribution >= 4 is 5.78 Å². The molecule has 1 heterocycles. The Balaban J connectivity index is 2.30. The first-order valence-corrected chi connectivity index (χ1v) is 5.91. The fourth-order valence-corrected chi connectivity index (χ4v) is 1.83. The zero-order valence-electron chi connectivity index (χ0n) is 10.2. The Morgan fingerprint density at radius 3 is 2.65 bits per heavy atom. The molecular formula is C15H16O2. The highest BCUT2D eigenvalue weighted by Gasteiger charge is 2.11. The fraction of sp³-hybridized carbons (Fsp3) is 0.267. The minimum Gasteiger partial charge on any atom is -0.453 e. The van der Waals surface area contributed by atoms with Gasteiger partial charge in [0.05, 0.1) is 0 Å². The minimum absolute atomic E-state index is 0.0762. The summed E-state index contributed by atoms with van der Waals surface area (Å²) in [7, 11) is 0. The predicted octanol–water partition coefficient (Wildman–Crippen LogP) is 4.24. The normalized spacial score (nSPS) is 10.5. The quantitative estimate of drug-likeness (QED) is 0.733. The van der Waals surface area contributed by atoms with Crippen molar-refractivity contribution < 1.29 is 9.21 Å². The Bertz CT molecular complexity index is 523. The number of hydrogen-bond acceptors (Lipinski definition) is 2. The average molecular weight is 228 g/mol. The summed E-state index contributed by atoms with van der Waals surface area (Å²) in [4.78, 5) is 11.7. The molecule has 0 unspecified atom stereocenters. The molecular weight excluding hydrogens is 212 g/mol. The van der Waals surface area contributed by atoms with E-state index in [1.54, 1.807) is 6.07 Å². The predicted molar refractivity (Wildman–Crippen MR) is 68.1 cm³/mol. The van der Waals surface area contributed by atoms with Crippen LogP contribution in [-0.2, 0) is 0 Å². The van der Waals surface area contributed by atoms with Gasteiger partial charge in [-0.05, 0) is 31.0 Å². The third-order valence-corrected chi connectivity index (χ3v) is 2.77. The Labute approximate surface area is 101 Å². The van der Waals surface area contributed by atoms with Crippen molar-refractivity contribution in [3.05, 3.63) is 47.7 Å². The standard InChI is InChI=1S/C15H16O2/c1-3-6-13(16)15-10-9-14(17-15)12-8-5-4-7-11(12)2/h4-5,7-10H,3,6H2,1-2H3. The molecule has 0 spiro atoms. The van der Waals surface area contributed by atoms with Crippen LogP contribution < -0.4 is 0 Å². The fourth-order valence-electron chi connectivity index (χ4n) is 1.83. The first-order chi connectivity index (χ1) is 8.22. The number of furan rings is 1.